The smallest absolute Gasteiger partial charge is 0.187 e. The van der Waals surface area contributed by atoms with Gasteiger partial charge in [-0.2, -0.15) is 0 Å². The van der Waals surface area contributed by atoms with Crippen molar-refractivity contribution in [2.45, 2.75) is 0 Å². The second kappa shape index (κ2) is 12.7. The Labute approximate surface area is 294 Å². The minimum Gasteiger partial charge on any atom is -0.455 e. The molecule has 0 amide bonds. The van der Waals surface area contributed by atoms with E-state index < -0.39 is 0 Å². The molecule has 0 spiro atoms. The summed E-state index contributed by atoms with van der Waals surface area (Å²) >= 11 is 0. The molecule has 3 aromatic heterocycles. The zero-order valence-electron chi connectivity index (χ0n) is 27.2. The number of hydrogen-bond donors (Lipinski definition) is 0. The van der Waals surface area contributed by atoms with Gasteiger partial charge in [-0.3, -0.25) is 4.98 Å². The molecule has 0 aliphatic carbocycles. The molecule has 0 N–H and O–H groups in total. The molecule has 6 aromatic carbocycles. The van der Waals surface area contributed by atoms with Gasteiger partial charge in [-0.1, -0.05) is 140 Å². The summed E-state index contributed by atoms with van der Waals surface area (Å²) in [5.41, 5.74) is 11.1. The second-order valence-corrected chi connectivity index (χ2v) is 12.2. The molecule has 0 fully saturated rings. The zero-order chi connectivity index (χ0) is 34.1. The van der Waals surface area contributed by atoms with Gasteiger partial charge >= 0.3 is 0 Å². The molecule has 51 heavy (non-hydrogen) atoms. The Kier molecular flexibility index (Phi) is 7.42. The predicted molar refractivity (Wildman–Crippen MR) is 204 cm³/mol. The van der Waals surface area contributed by atoms with Gasteiger partial charge in [0.1, 0.15) is 11.2 Å². The third kappa shape index (κ3) is 5.59. The molecule has 238 valence electrons. The van der Waals surface area contributed by atoms with Gasteiger partial charge in [0.15, 0.2) is 23.2 Å². The average molecular weight is 654 g/mol. The molecule has 0 unspecified atom stereocenters. The quantitative estimate of drug-likeness (QED) is 0.167. The lowest BCUT2D eigenvalue weighted by molar-refractivity contribution is 0.671. The molecule has 3 heterocycles. The van der Waals surface area contributed by atoms with Crippen molar-refractivity contribution in [3.8, 4) is 67.5 Å². The lowest BCUT2D eigenvalue weighted by Crippen LogP contribution is -2.00. The number of furan rings is 1. The molecule has 0 aliphatic heterocycles. The first-order valence-electron chi connectivity index (χ1n) is 16.6. The van der Waals surface area contributed by atoms with Crippen LogP contribution >= 0.6 is 0 Å². The first-order chi connectivity index (χ1) is 25.2. The van der Waals surface area contributed by atoms with Crippen LogP contribution in [-0.2, 0) is 0 Å². The van der Waals surface area contributed by atoms with E-state index in [-0.39, 0.29) is 0 Å². The highest BCUT2D eigenvalue weighted by Crippen LogP contribution is 2.40. The molecule has 6 heteroatoms. The Hall–Kier alpha value is -7.23. The summed E-state index contributed by atoms with van der Waals surface area (Å²) < 4.78 is 6.78. The fourth-order valence-corrected chi connectivity index (χ4v) is 6.51. The van der Waals surface area contributed by atoms with Crippen molar-refractivity contribution in [2.24, 2.45) is 0 Å². The first kappa shape index (κ1) is 29.9. The standard InChI is InChI=1S/C45H27N5O/c1-46-36-24-22-32(23-25-36)44-48-43(31-9-3-2-4-10-31)49-45(50-44)34-12-5-11-33(27-34)38-15-7-17-40-39-16-6-14-37(41(39)51-42(38)40)30-20-18-29(19-21-30)35-13-8-26-47-28-35/h2-28H. The molecular weight excluding hydrogens is 627 g/mol. The number of hydrogen-bond acceptors (Lipinski definition) is 5. The molecule has 0 saturated carbocycles. The van der Waals surface area contributed by atoms with Crippen LogP contribution in [-0.4, -0.2) is 19.9 Å². The van der Waals surface area contributed by atoms with Crippen LogP contribution in [0.3, 0.4) is 0 Å². The third-order valence-electron chi connectivity index (χ3n) is 9.07. The maximum atomic E-state index is 7.34. The van der Waals surface area contributed by atoms with Crippen molar-refractivity contribution in [3.63, 3.8) is 0 Å². The highest BCUT2D eigenvalue weighted by molar-refractivity contribution is 6.13. The van der Waals surface area contributed by atoms with Crippen molar-refractivity contribution in [2.75, 3.05) is 0 Å². The first-order valence-corrected chi connectivity index (χ1v) is 16.6. The van der Waals surface area contributed by atoms with E-state index in [1.807, 2.05) is 66.9 Å². The maximum absolute atomic E-state index is 7.34. The molecular formula is C45H27N5O. The monoisotopic (exact) mass is 653 g/mol. The number of aromatic nitrogens is 4. The van der Waals surface area contributed by atoms with E-state index in [0.29, 0.717) is 23.2 Å². The van der Waals surface area contributed by atoms with Gasteiger partial charge in [-0.05, 0) is 34.4 Å². The van der Waals surface area contributed by atoms with Crippen LogP contribution < -0.4 is 0 Å². The summed E-state index contributed by atoms with van der Waals surface area (Å²) in [6, 6.07) is 50.6. The average Bonchev–Trinajstić information content (AvgIpc) is 3.61. The lowest BCUT2D eigenvalue weighted by atomic mass is 9.98. The molecule has 0 aliphatic rings. The minimum atomic E-state index is 0.543. The topological polar surface area (TPSA) is 69.1 Å². The fourth-order valence-electron chi connectivity index (χ4n) is 6.51. The highest BCUT2D eigenvalue weighted by Gasteiger charge is 2.17. The van der Waals surface area contributed by atoms with Crippen LogP contribution in [0.4, 0.5) is 5.69 Å². The van der Waals surface area contributed by atoms with Crippen LogP contribution in [0.2, 0.25) is 0 Å². The van der Waals surface area contributed by atoms with Gasteiger partial charge in [0.25, 0.3) is 0 Å². The Morgan fingerprint density at radius 2 is 0.961 bits per heavy atom. The van der Waals surface area contributed by atoms with Gasteiger partial charge in [-0.25, -0.2) is 19.8 Å². The number of rotatable bonds is 6. The van der Waals surface area contributed by atoms with E-state index in [1.165, 1.54) is 0 Å². The Morgan fingerprint density at radius 1 is 0.431 bits per heavy atom. The van der Waals surface area contributed by atoms with Crippen molar-refractivity contribution in [3.05, 3.63) is 175 Å². The van der Waals surface area contributed by atoms with Crippen molar-refractivity contribution in [1.82, 2.24) is 19.9 Å². The van der Waals surface area contributed by atoms with Gasteiger partial charge < -0.3 is 4.42 Å². The van der Waals surface area contributed by atoms with E-state index in [9.17, 15) is 0 Å². The van der Waals surface area contributed by atoms with E-state index >= 15 is 0 Å². The summed E-state index contributed by atoms with van der Waals surface area (Å²) in [7, 11) is 0. The van der Waals surface area contributed by atoms with Gasteiger partial charge in [0, 0.05) is 51.0 Å². The van der Waals surface area contributed by atoms with Gasteiger partial charge in [0.2, 0.25) is 0 Å². The van der Waals surface area contributed by atoms with Crippen molar-refractivity contribution < 1.29 is 4.42 Å². The largest absolute Gasteiger partial charge is 0.455 e. The molecule has 0 radical (unpaired) electrons. The molecule has 9 rings (SSSR count). The number of para-hydroxylation sites is 2. The van der Waals surface area contributed by atoms with Crippen LogP contribution in [0.5, 0.6) is 0 Å². The highest BCUT2D eigenvalue weighted by atomic mass is 16.3. The van der Waals surface area contributed by atoms with E-state index in [1.54, 1.807) is 18.3 Å². The molecule has 0 bridgehead atoms. The van der Waals surface area contributed by atoms with Crippen molar-refractivity contribution in [1.29, 1.82) is 0 Å². The SMILES string of the molecule is [C-]#[N+]c1ccc(-c2nc(-c3ccccc3)nc(-c3cccc(-c4cccc5c4oc4c(-c6ccc(-c7cccnc7)cc6)cccc45)c3)n2)cc1. The van der Waals surface area contributed by atoms with Gasteiger partial charge in [0.05, 0.1) is 6.57 Å². The summed E-state index contributed by atoms with van der Waals surface area (Å²) in [5.74, 6) is 1.68. The number of fused-ring (bicyclic) bond motifs is 3. The maximum Gasteiger partial charge on any atom is 0.187 e. The summed E-state index contributed by atoms with van der Waals surface area (Å²) in [5, 5.41) is 2.12. The number of nitrogens with zero attached hydrogens (tertiary/aromatic N) is 5. The Morgan fingerprint density at radius 3 is 1.61 bits per heavy atom. The van der Waals surface area contributed by atoms with E-state index in [2.05, 4.69) is 88.7 Å². The molecule has 0 saturated heterocycles. The van der Waals surface area contributed by atoms with Crippen LogP contribution in [0.1, 0.15) is 0 Å². The predicted octanol–water partition coefficient (Wildman–Crippen LogP) is 11.7. The van der Waals surface area contributed by atoms with E-state index in [4.69, 9.17) is 25.9 Å². The van der Waals surface area contributed by atoms with E-state index in [0.717, 1.165) is 72.0 Å². The lowest BCUT2D eigenvalue weighted by Gasteiger charge is -2.10. The normalized spacial score (nSPS) is 11.1. The minimum absolute atomic E-state index is 0.543. The summed E-state index contributed by atoms with van der Waals surface area (Å²) in [6.45, 7) is 7.34. The van der Waals surface area contributed by atoms with Gasteiger partial charge in [-0.15, -0.1) is 0 Å². The fraction of sp³-hybridized carbons (Fsp3) is 0. The van der Waals surface area contributed by atoms with Crippen molar-refractivity contribution >= 4 is 27.6 Å². The van der Waals surface area contributed by atoms with Crippen LogP contribution in [0, 0.1) is 6.57 Å². The molecule has 6 nitrogen and oxygen atoms in total. The summed E-state index contributed by atoms with van der Waals surface area (Å²) in [4.78, 5) is 22.5. The van der Waals surface area contributed by atoms with Crippen LogP contribution in [0.15, 0.2) is 168 Å². The molecule has 0 atom stereocenters. The zero-order valence-corrected chi connectivity index (χ0v) is 27.2. The van der Waals surface area contributed by atoms with Crippen LogP contribution in [0.25, 0.3) is 94.3 Å². The Balaban J connectivity index is 1.14. The molecule has 9 aromatic rings. The third-order valence-corrected chi connectivity index (χ3v) is 9.07. The number of pyridine rings is 1. The number of benzene rings is 6. The summed E-state index contributed by atoms with van der Waals surface area (Å²) in [6.07, 6.45) is 3.67. The Bertz CT molecular complexity index is 2730. The second-order valence-electron chi connectivity index (χ2n) is 12.2.